The summed E-state index contributed by atoms with van der Waals surface area (Å²) in [5.41, 5.74) is 2.75. The molecule has 1 aliphatic carbocycles. The molecule has 1 aromatic carbocycles. The van der Waals surface area contributed by atoms with Crippen molar-refractivity contribution in [1.29, 1.82) is 0 Å². The van der Waals surface area contributed by atoms with Gasteiger partial charge in [-0.05, 0) is 50.2 Å². The van der Waals surface area contributed by atoms with Crippen LogP contribution in [0.5, 0.6) is 0 Å². The molecule has 0 atom stereocenters. The predicted molar refractivity (Wildman–Crippen MR) is 78.3 cm³/mol. The van der Waals surface area contributed by atoms with Gasteiger partial charge in [-0.15, -0.1) is 0 Å². The SMILES string of the molecule is CC1CCC(N2CCCNc3ccccc32)CC1. The molecule has 1 N–H and O–H groups in total. The van der Waals surface area contributed by atoms with E-state index in [1.807, 2.05) is 0 Å². The first-order chi connectivity index (χ1) is 8.84. The summed E-state index contributed by atoms with van der Waals surface area (Å²) in [7, 11) is 0. The highest BCUT2D eigenvalue weighted by Gasteiger charge is 2.26. The molecule has 0 saturated heterocycles. The molecule has 18 heavy (non-hydrogen) atoms. The average Bonchev–Trinajstić information content (AvgIpc) is 2.62. The molecule has 2 nitrogen and oxygen atoms in total. The molecule has 1 fully saturated rings. The van der Waals surface area contributed by atoms with E-state index >= 15 is 0 Å². The Morgan fingerprint density at radius 1 is 1.11 bits per heavy atom. The first-order valence-corrected chi connectivity index (χ1v) is 7.44. The summed E-state index contributed by atoms with van der Waals surface area (Å²) < 4.78 is 0. The zero-order chi connectivity index (χ0) is 12.4. The Balaban J connectivity index is 1.83. The minimum atomic E-state index is 0.766. The fourth-order valence-corrected chi connectivity index (χ4v) is 3.40. The van der Waals surface area contributed by atoms with Crippen molar-refractivity contribution in [1.82, 2.24) is 0 Å². The third-order valence-electron chi connectivity index (χ3n) is 4.53. The normalized spacial score (nSPS) is 28.2. The van der Waals surface area contributed by atoms with Crippen LogP contribution < -0.4 is 10.2 Å². The highest BCUT2D eigenvalue weighted by molar-refractivity contribution is 5.71. The second-order valence-corrected chi connectivity index (χ2v) is 5.90. The van der Waals surface area contributed by atoms with Crippen molar-refractivity contribution in [2.75, 3.05) is 23.3 Å². The molecule has 98 valence electrons. The molecule has 3 rings (SSSR count). The number of para-hydroxylation sites is 2. The van der Waals surface area contributed by atoms with Crippen LogP contribution in [-0.2, 0) is 0 Å². The van der Waals surface area contributed by atoms with Crippen LogP contribution in [0.4, 0.5) is 11.4 Å². The summed E-state index contributed by atoms with van der Waals surface area (Å²) in [5.74, 6) is 0.932. The minimum Gasteiger partial charge on any atom is -0.383 e. The smallest absolute Gasteiger partial charge is 0.0604 e. The van der Waals surface area contributed by atoms with E-state index in [4.69, 9.17) is 0 Å². The van der Waals surface area contributed by atoms with Crippen LogP contribution >= 0.6 is 0 Å². The van der Waals surface area contributed by atoms with Crippen LogP contribution in [0.3, 0.4) is 0 Å². The molecule has 0 spiro atoms. The van der Waals surface area contributed by atoms with Gasteiger partial charge in [0.15, 0.2) is 0 Å². The Labute approximate surface area is 110 Å². The molecule has 0 amide bonds. The number of fused-ring (bicyclic) bond motifs is 1. The van der Waals surface area contributed by atoms with Gasteiger partial charge in [0.2, 0.25) is 0 Å². The summed E-state index contributed by atoms with van der Waals surface area (Å²) in [4.78, 5) is 2.67. The zero-order valence-electron chi connectivity index (χ0n) is 11.4. The van der Waals surface area contributed by atoms with Crippen molar-refractivity contribution in [2.45, 2.75) is 45.1 Å². The minimum absolute atomic E-state index is 0.766. The van der Waals surface area contributed by atoms with Crippen LogP contribution in [0.2, 0.25) is 0 Å². The van der Waals surface area contributed by atoms with Crippen LogP contribution in [0.15, 0.2) is 24.3 Å². The van der Waals surface area contributed by atoms with E-state index in [-0.39, 0.29) is 0 Å². The molecule has 1 aromatic rings. The van der Waals surface area contributed by atoms with Crippen LogP contribution in [-0.4, -0.2) is 19.1 Å². The maximum absolute atomic E-state index is 3.56. The second kappa shape index (κ2) is 5.21. The average molecular weight is 244 g/mol. The molecule has 0 radical (unpaired) electrons. The molecule has 0 aromatic heterocycles. The van der Waals surface area contributed by atoms with Crippen LogP contribution in [0.1, 0.15) is 39.0 Å². The van der Waals surface area contributed by atoms with Gasteiger partial charge >= 0.3 is 0 Å². The third kappa shape index (κ3) is 2.33. The van der Waals surface area contributed by atoms with Crippen molar-refractivity contribution in [3.63, 3.8) is 0 Å². The fraction of sp³-hybridized carbons (Fsp3) is 0.625. The number of hydrogen-bond acceptors (Lipinski definition) is 2. The Kier molecular flexibility index (Phi) is 3.44. The number of nitrogens with zero attached hydrogens (tertiary/aromatic N) is 1. The van der Waals surface area contributed by atoms with Crippen LogP contribution in [0, 0.1) is 5.92 Å². The van der Waals surface area contributed by atoms with E-state index < -0.39 is 0 Å². The second-order valence-electron chi connectivity index (χ2n) is 5.90. The highest BCUT2D eigenvalue weighted by Crippen LogP contribution is 2.35. The molecule has 1 heterocycles. The van der Waals surface area contributed by atoms with E-state index in [0.717, 1.165) is 18.5 Å². The lowest BCUT2D eigenvalue weighted by Crippen LogP contribution is -2.38. The topological polar surface area (TPSA) is 15.3 Å². The van der Waals surface area contributed by atoms with Gasteiger partial charge in [-0.3, -0.25) is 0 Å². The zero-order valence-corrected chi connectivity index (χ0v) is 11.4. The summed E-state index contributed by atoms with van der Waals surface area (Å²) in [6.07, 6.45) is 6.79. The third-order valence-corrected chi connectivity index (χ3v) is 4.53. The molecule has 1 aliphatic heterocycles. The van der Waals surface area contributed by atoms with Gasteiger partial charge in [0.05, 0.1) is 11.4 Å². The summed E-state index contributed by atoms with van der Waals surface area (Å²) in [5, 5.41) is 3.56. The Morgan fingerprint density at radius 3 is 2.72 bits per heavy atom. The number of rotatable bonds is 1. The maximum atomic E-state index is 3.56. The monoisotopic (exact) mass is 244 g/mol. The van der Waals surface area contributed by atoms with E-state index in [1.54, 1.807) is 0 Å². The molecular formula is C16H24N2. The van der Waals surface area contributed by atoms with Crippen LogP contribution in [0.25, 0.3) is 0 Å². The van der Waals surface area contributed by atoms with Crippen molar-refractivity contribution < 1.29 is 0 Å². The van der Waals surface area contributed by atoms with Gasteiger partial charge in [-0.25, -0.2) is 0 Å². The van der Waals surface area contributed by atoms with Gasteiger partial charge in [0, 0.05) is 19.1 Å². The Hall–Kier alpha value is -1.18. The molecule has 0 unspecified atom stereocenters. The molecule has 2 heteroatoms. The van der Waals surface area contributed by atoms with Crippen molar-refractivity contribution in [3.8, 4) is 0 Å². The van der Waals surface area contributed by atoms with E-state index in [2.05, 4.69) is 41.4 Å². The van der Waals surface area contributed by atoms with Gasteiger partial charge in [-0.1, -0.05) is 19.1 Å². The van der Waals surface area contributed by atoms with E-state index in [1.165, 1.54) is 50.0 Å². The van der Waals surface area contributed by atoms with Gasteiger partial charge in [0.1, 0.15) is 0 Å². The fourth-order valence-electron chi connectivity index (χ4n) is 3.40. The lowest BCUT2D eigenvalue weighted by Gasteiger charge is -2.37. The molecule has 2 aliphatic rings. The number of hydrogen-bond donors (Lipinski definition) is 1. The summed E-state index contributed by atoms with van der Waals surface area (Å²) in [6.45, 7) is 4.72. The lowest BCUT2D eigenvalue weighted by molar-refractivity contribution is 0.334. The highest BCUT2D eigenvalue weighted by atomic mass is 15.2. The number of anilines is 2. The number of benzene rings is 1. The summed E-state index contributed by atoms with van der Waals surface area (Å²) >= 11 is 0. The Morgan fingerprint density at radius 2 is 1.89 bits per heavy atom. The first-order valence-electron chi connectivity index (χ1n) is 7.44. The first kappa shape index (κ1) is 11.9. The van der Waals surface area contributed by atoms with Gasteiger partial charge in [0.25, 0.3) is 0 Å². The lowest BCUT2D eigenvalue weighted by atomic mass is 9.86. The van der Waals surface area contributed by atoms with Crippen molar-refractivity contribution >= 4 is 11.4 Å². The quantitative estimate of drug-likeness (QED) is 0.806. The largest absolute Gasteiger partial charge is 0.383 e. The molecule has 0 bridgehead atoms. The molecule has 1 saturated carbocycles. The van der Waals surface area contributed by atoms with Crippen molar-refractivity contribution in [3.05, 3.63) is 24.3 Å². The van der Waals surface area contributed by atoms with E-state index in [9.17, 15) is 0 Å². The standard InChI is InChI=1S/C16H24N2/c1-13-7-9-14(10-8-13)18-12-4-11-17-15-5-2-3-6-16(15)18/h2-3,5-6,13-14,17H,4,7-12H2,1H3. The Bertz CT molecular complexity index is 394. The molecular weight excluding hydrogens is 220 g/mol. The maximum Gasteiger partial charge on any atom is 0.0604 e. The van der Waals surface area contributed by atoms with Gasteiger partial charge in [-0.2, -0.15) is 0 Å². The van der Waals surface area contributed by atoms with Gasteiger partial charge < -0.3 is 10.2 Å². The number of nitrogens with one attached hydrogen (secondary N) is 1. The van der Waals surface area contributed by atoms with E-state index in [0.29, 0.717) is 0 Å². The predicted octanol–water partition coefficient (Wildman–Crippen LogP) is 3.89. The van der Waals surface area contributed by atoms with Crippen molar-refractivity contribution in [2.24, 2.45) is 5.92 Å². The summed E-state index contributed by atoms with van der Waals surface area (Å²) in [6, 6.07) is 9.58.